The van der Waals surface area contributed by atoms with Gasteiger partial charge < -0.3 is 10.1 Å². The van der Waals surface area contributed by atoms with E-state index in [-0.39, 0.29) is 11.4 Å². The second kappa shape index (κ2) is 6.50. The minimum Gasteiger partial charge on any atom is -0.462 e. The summed E-state index contributed by atoms with van der Waals surface area (Å²) >= 11 is 0. The Balaban J connectivity index is 2.64. The molecule has 0 amide bonds. The average Bonchev–Trinajstić information content (AvgIpc) is 2.27. The minimum absolute atomic E-state index is 0.271. The number of carbonyl (C=O) groups excluding carboxylic acids is 1. The highest BCUT2D eigenvalue weighted by Gasteiger charge is 2.13. The van der Waals surface area contributed by atoms with Gasteiger partial charge in [0.25, 0.3) is 0 Å². The molecule has 1 aromatic heterocycles. The lowest BCUT2D eigenvalue weighted by atomic mass is 9.92. The van der Waals surface area contributed by atoms with Gasteiger partial charge in [0.2, 0.25) is 5.95 Å². The van der Waals surface area contributed by atoms with E-state index >= 15 is 0 Å². The predicted molar refractivity (Wildman–Crippen MR) is 75.3 cm³/mol. The summed E-state index contributed by atoms with van der Waals surface area (Å²) in [6, 6.07) is 0. The molecule has 1 aromatic rings. The molecule has 0 unspecified atom stereocenters. The van der Waals surface area contributed by atoms with Gasteiger partial charge in [-0.3, -0.25) is 0 Å². The first-order valence-electron chi connectivity index (χ1n) is 6.58. The lowest BCUT2D eigenvalue weighted by molar-refractivity contribution is 0.0524. The van der Waals surface area contributed by atoms with Crippen LogP contribution in [0.1, 0.15) is 50.2 Å². The topological polar surface area (TPSA) is 64.1 Å². The fourth-order valence-corrected chi connectivity index (χ4v) is 1.51. The average molecular weight is 265 g/mol. The van der Waals surface area contributed by atoms with Gasteiger partial charge in [-0.05, 0) is 25.7 Å². The Morgan fingerprint density at radius 3 is 2.63 bits per heavy atom. The van der Waals surface area contributed by atoms with Crippen molar-refractivity contribution in [2.24, 2.45) is 5.41 Å². The second-order valence-corrected chi connectivity index (χ2v) is 5.65. The third-order valence-corrected chi connectivity index (χ3v) is 2.63. The Hall–Kier alpha value is -1.65. The van der Waals surface area contributed by atoms with E-state index in [0.29, 0.717) is 23.8 Å². The lowest BCUT2D eigenvalue weighted by Crippen LogP contribution is -2.15. The number of ether oxygens (including phenoxy) is 1. The van der Waals surface area contributed by atoms with Gasteiger partial charge in [-0.2, -0.15) is 0 Å². The summed E-state index contributed by atoms with van der Waals surface area (Å²) < 4.78 is 4.94. The Kier molecular flexibility index (Phi) is 5.27. The van der Waals surface area contributed by atoms with Gasteiger partial charge in [-0.25, -0.2) is 14.8 Å². The second-order valence-electron chi connectivity index (χ2n) is 5.65. The normalized spacial score (nSPS) is 11.2. The number of rotatable bonds is 5. The highest BCUT2D eigenvalue weighted by atomic mass is 16.5. The zero-order chi connectivity index (χ0) is 14.5. The van der Waals surface area contributed by atoms with E-state index in [1.165, 1.54) is 6.20 Å². The van der Waals surface area contributed by atoms with Crippen molar-refractivity contribution in [3.05, 3.63) is 17.5 Å². The third-order valence-electron chi connectivity index (χ3n) is 2.63. The molecule has 19 heavy (non-hydrogen) atoms. The van der Waals surface area contributed by atoms with Crippen LogP contribution in [0.15, 0.2) is 6.20 Å². The van der Waals surface area contributed by atoms with E-state index in [1.54, 1.807) is 13.8 Å². The molecule has 1 rings (SSSR count). The molecule has 0 aliphatic heterocycles. The van der Waals surface area contributed by atoms with Crippen LogP contribution in [0, 0.1) is 12.3 Å². The third kappa shape index (κ3) is 5.24. The van der Waals surface area contributed by atoms with Crippen LogP contribution in [0.5, 0.6) is 0 Å². The molecule has 0 aliphatic rings. The van der Waals surface area contributed by atoms with Crippen molar-refractivity contribution in [2.45, 2.75) is 41.0 Å². The van der Waals surface area contributed by atoms with Crippen LogP contribution in [0.4, 0.5) is 5.95 Å². The number of nitrogens with zero attached hydrogens (tertiary/aromatic N) is 2. The van der Waals surface area contributed by atoms with Crippen LogP contribution in [0.2, 0.25) is 0 Å². The zero-order valence-electron chi connectivity index (χ0n) is 12.4. The molecule has 0 aliphatic carbocycles. The zero-order valence-corrected chi connectivity index (χ0v) is 12.4. The molecule has 0 radical (unpaired) electrons. The molecule has 0 fully saturated rings. The molecule has 106 valence electrons. The van der Waals surface area contributed by atoms with Crippen molar-refractivity contribution in [2.75, 3.05) is 18.5 Å². The first-order valence-corrected chi connectivity index (χ1v) is 6.58. The Bertz CT molecular complexity index is 439. The highest BCUT2D eigenvalue weighted by Crippen LogP contribution is 2.18. The first kappa shape index (κ1) is 15.4. The van der Waals surface area contributed by atoms with Gasteiger partial charge >= 0.3 is 5.97 Å². The Morgan fingerprint density at radius 2 is 2.11 bits per heavy atom. The summed E-state index contributed by atoms with van der Waals surface area (Å²) in [5.74, 6) is 0.177. The Labute approximate surface area is 114 Å². The highest BCUT2D eigenvalue weighted by molar-refractivity contribution is 5.90. The number of hydrogen-bond acceptors (Lipinski definition) is 5. The SMILES string of the molecule is CCOC(=O)c1cnc(NCCC(C)(C)C)nc1C. The molecule has 0 bridgehead atoms. The number of aromatic nitrogens is 2. The summed E-state index contributed by atoms with van der Waals surface area (Å²) in [5, 5.41) is 3.17. The monoisotopic (exact) mass is 265 g/mol. The lowest BCUT2D eigenvalue weighted by Gasteiger charge is -2.18. The van der Waals surface area contributed by atoms with E-state index in [0.717, 1.165) is 13.0 Å². The van der Waals surface area contributed by atoms with E-state index in [1.807, 2.05) is 0 Å². The van der Waals surface area contributed by atoms with E-state index in [4.69, 9.17) is 4.74 Å². The first-order chi connectivity index (χ1) is 8.83. The Morgan fingerprint density at radius 1 is 1.42 bits per heavy atom. The van der Waals surface area contributed by atoms with E-state index in [9.17, 15) is 4.79 Å². The smallest absolute Gasteiger partial charge is 0.341 e. The van der Waals surface area contributed by atoms with Gasteiger partial charge in [0.05, 0.1) is 17.9 Å². The molecule has 0 spiro atoms. The molecule has 1 heterocycles. The molecule has 0 atom stereocenters. The fourth-order valence-electron chi connectivity index (χ4n) is 1.51. The molecular weight excluding hydrogens is 242 g/mol. The van der Waals surface area contributed by atoms with Gasteiger partial charge in [-0.1, -0.05) is 20.8 Å². The molecule has 5 heteroatoms. The van der Waals surface area contributed by atoms with Crippen LogP contribution in [0.3, 0.4) is 0 Å². The molecular formula is C14H23N3O2. The van der Waals surface area contributed by atoms with Crippen LogP contribution in [-0.2, 0) is 4.74 Å². The number of nitrogens with one attached hydrogen (secondary N) is 1. The van der Waals surface area contributed by atoms with Crippen LogP contribution < -0.4 is 5.32 Å². The molecule has 0 aromatic carbocycles. The number of aryl methyl sites for hydroxylation is 1. The predicted octanol–water partition coefficient (Wildman–Crippen LogP) is 2.81. The van der Waals surface area contributed by atoms with Gasteiger partial charge in [0.1, 0.15) is 0 Å². The standard InChI is InChI=1S/C14H23N3O2/c1-6-19-12(18)11-9-16-13(17-10(11)2)15-8-7-14(3,4)5/h9H,6-8H2,1-5H3,(H,15,16,17). The summed E-state index contributed by atoms with van der Waals surface area (Å²) in [6.45, 7) is 11.3. The van der Waals surface area contributed by atoms with Crippen LogP contribution in [0.25, 0.3) is 0 Å². The van der Waals surface area contributed by atoms with Crippen LogP contribution in [-0.4, -0.2) is 29.1 Å². The molecule has 1 N–H and O–H groups in total. The van der Waals surface area contributed by atoms with Gasteiger partial charge in [0.15, 0.2) is 0 Å². The number of hydrogen-bond donors (Lipinski definition) is 1. The maximum absolute atomic E-state index is 11.6. The van der Waals surface area contributed by atoms with Crippen molar-refractivity contribution in [1.29, 1.82) is 0 Å². The minimum atomic E-state index is -0.374. The van der Waals surface area contributed by atoms with Crippen molar-refractivity contribution in [3.8, 4) is 0 Å². The number of esters is 1. The molecule has 0 saturated heterocycles. The van der Waals surface area contributed by atoms with Crippen molar-refractivity contribution < 1.29 is 9.53 Å². The maximum atomic E-state index is 11.6. The molecule has 5 nitrogen and oxygen atoms in total. The van der Waals surface area contributed by atoms with Crippen LogP contribution >= 0.6 is 0 Å². The number of anilines is 1. The summed E-state index contributed by atoms with van der Waals surface area (Å²) in [5.41, 5.74) is 1.32. The maximum Gasteiger partial charge on any atom is 0.341 e. The largest absolute Gasteiger partial charge is 0.462 e. The summed E-state index contributed by atoms with van der Waals surface area (Å²) in [6.07, 6.45) is 2.54. The van der Waals surface area contributed by atoms with E-state index < -0.39 is 0 Å². The van der Waals surface area contributed by atoms with E-state index in [2.05, 4.69) is 36.1 Å². The number of carbonyl (C=O) groups is 1. The van der Waals surface area contributed by atoms with Crippen molar-refractivity contribution >= 4 is 11.9 Å². The molecule has 0 saturated carbocycles. The summed E-state index contributed by atoms with van der Waals surface area (Å²) in [7, 11) is 0. The van der Waals surface area contributed by atoms with Crippen molar-refractivity contribution in [1.82, 2.24) is 9.97 Å². The quantitative estimate of drug-likeness (QED) is 0.829. The van der Waals surface area contributed by atoms with Crippen molar-refractivity contribution in [3.63, 3.8) is 0 Å². The fraction of sp³-hybridized carbons (Fsp3) is 0.643. The van der Waals surface area contributed by atoms with Gasteiger partial charge in [0, 0.05) is 12.7 Å². The summed E-state index contributed by atoms with van der Waals surface area (Å²) in [4.78, 5) is 20.0. The van der Waals surface area contributed by atoms with Gasteiger partial charge in [-0.15, -0.1) is 0 Å².